The summed E-state index contributed by atoms with van der Waals surface area (Å²) in [7, 11) is 0. The van der Waals surface area contributed by atoms with Gasteiger partial charge in [0.25, 0.3) is 0 Å². The molecular formula is C16H29N3. The molecule has 3 heteroatoms. The maximum Gasteiger partial charge on any atom is 0.128 e. The minimum Gasteiger partial charge on any atom is -0.357 e. The van der Waals surface area contributed by atoms with E-state index in [9.17, 15) is 0 Å². The van der Waals surface area contributed by atoms with E-state index in [1.807, 2.05) is 6.20 Å². The summed E-state index contributed by atoms with van der Waals surface area (Å²) in [6.07, 6.45) is 1.91. The number of hydrogen-bond donors (Lipinski definition) is 1. The van der Waals surface area contributed by atoms with Crippen LogP contribution in [0.25, 0.3) is 0 Å². The summed E-state index contributed by atoms with van der Waals surface area (Å²) in [5.74, 6) is 1.74. The number of hydrogen-bond acceptors (Lipinski definition) is 3. The van der Waals surface area contributed by atoms with E-state index in [0.29, 0.717) is 5.92 Å². The second kappa shape index (κ2) is 6.90. The molecule has 0 bridgehead atoms. The van der Waals surface area contributed by atoms with Crippen molar-refractivity contribution < 1.29 is 0 Å². The van der Waals surface area contributed by atoms with Gasteiger partial charge in [-0.05, 0) is 51.3 Å². The molecule has 0 spiro atoms. The van der Waals surface area contributed by atoms with Gasteiger partial charge in [0.15, 0.2) is 0 Å². The molecule has 0 aromatic carbocycles. The van der Waals surface area contributed by atoms with Gasteiger partial charge in [-0.25, -0.2) is 4.98 Å². The Morgan fingerprint density at radius 2 is 2.00 bits per heavy atom. The molecule has 0 aliphatic heterocycles. The van der Waals surface area contributed by atoms with Crippen molar-refractivity contribution in [2.45, 2.75) is 53.6 Å². The Kier molecular flexibility index (Phi) is 5.80. The number of nitrogens with one attached hydrogen (secondary N) is 1. The first kappa shape index (κ1) is 16.0. The molecular weight excluding hydrogens is 234 g/mol. The molecule has 1 heterocycles. The Morgan fingerprint density at radius 3 is 2.53 bits per heavy atom. The number of rotatable bonds is 6. The van der Waals surface area contributed by atoms with E-state index in [1.54, 1.807) is 0 Å². The lowest BCUT2D eigenvalue weighted by atomic mass is 10.1. The van der Waals surface area contributed by atoms with Crippen LogP contribution in [0.1, 0.15) is 47.1 Å². The summed E-state index contributed by atoms with van der Waals surface area (Å²) >= 11 is 0. The maximum absolute atomic E-state index is 4.51. The highest BCUT2D eigenvalue weighted by molar-refractivity contribution is 5.40. The highest BCUT2D eigenvalue weighted by atomic mass is 15.2. The first-order chi connectivity index (χ1) is 8.81. The van der Waals surface area contributed by atoms with Crippen LogP contribution in [0.15, 0.2) is 18.3 Å². The Labute approximate surface area is 118 Å². The van der Waals surface area contributed by atoms with Crippen LogP contribution in [0.2, 0.25) is 0 Å². The smallest absolute Gasteiger partial charge is 0.128 e. The van der Waals surface area contributed by atoms with Crippen molar-refractivity contribution in [3.8, 4) is 0 Å². The maximum atomic E-state index is 4.51. The van der Waals surface area contributed by atoms with Crippen molar-refractivity contribution in [2.24, 2.45) is 5.92 Å². The van der Waals surface area contributed by atoms with Gasteiger partial charge in [0.1, 0.15) is 5.82 Å². The molecule has 1 N–H and O–H groups in total. The molecule has 0 amide bonds. The average molecular weight is 263 g/mol. The van der Waals surface area contributed by atoms with E-state index in [1.165, 1.54) is 5.56 Å². The lowest BCUT2D eigenvalue weighted by molar-refractivity contribution is 0.424. The van der Waals surface area contributed by atoms with Gasteiger partial charge < -0.3 is 10.2 Å². The number of aromatic nitrogens is 1. The number of anilines is 1. The van der Waals surface area contributed by atoms with Gasteiger partial charge in [0.2, 0.25) is 0 Å². The molecule has 0 atom stereocenters. The Morgan fingerprint density at radius 1 is 1.32 bits per heavy atom. The van der Waals surface area contributed by atoms with E-state index in [2.05, 4.69) is 68.9 Å². The van der Waals surface area contributed by atoms with Crippen molar-refractivity contribution in [3.05, 3.63) is 23.9 Å². The molecule has 3 nitrogen and oxygen atoms in total. The third kappa shape index (κ3) is 6.06. The quantitative estimate of drug-likeness (QED) is 0.852. The van der Waals surface area contributed by atoms with Crippen molar-refractivity contribution in [1.82, 2.24) is 10.3 Å². The summed E-state index contributed by atoms with van der Waals surface area (Å²) in [5.41, 5.74) is 1.44. The van der Waals surface area contributed by atoms with Crippen LogP contribution in [0.5, 0.6) is 0 Å². The van der Waals surface area contributed by atoms with Crippen molar-refractivity contribution >= 4 is 5.82 Å². The zero-order chi connectivity index (χ0) is 14.5. The minimum absolute atomic E-state index is 0.145. The van der Waals surface area contributed by atoms with E-state index in [-0.39, 0.29) is 5.54 Å². The van der Waals surface area contributed by atoms with Gasteiger partial charge in [0.05, 0.1) is 0 Å². The molecule has 0 saturated carbocycles. The van der Waals surface area contributed by atoms with Crippen LogP contribution in [0.4, 0.5) is 5.82 Å². The highest BCUT2D eigenvalue weighted by Gasteiger charge is 2.11. The predicted molar refractivity (Wildman–Crippen MR) is 83.6 cm³/mol. The molecule has 0 aliphatic rings. The molecule has 0 aliphatic carbocycles. The summed E-state index contributed by atoms with van der Waals surface area (Å²) in [6, 6.07) is 4.29. The van der Waals surface area contributed by atoms with E-state index in [0.717, 1.165) is 25.5 Å². The zero-order valence-electron chi connectivity index (χ0n) is 13.3. The third-order valence-corrected chi connectivity index (χ3v) is 2.92. The summed E-state index contributed by atoms with van der Waals surface area (Å²) in [5, 5.41) is 3.52. The topological polar surface area (TPSA) is 28.2 Å². The van der Waals surface area contributed by atoms with E-state index >= 15 is 0 Å². The molecule has 1 aromatic rings. The van der Waals surface area contributed by atoms with Crippen molar-refractivity contribution in [2.75, 3.05) is 18.0 Å². The normalized spacial score (nSPS) is 11.9. The molecule has 19 heavy (non-hydrogen) atoms. The zero-order valence-corrected chi connectivity index (χ0v) is 13.3. The number of pyridine rings is 1. The predicted octanol–water partition coefficient (Wildman–Crippen LogP) is 3.45. The third-order valence-electron chi connectivity index (χ3n) is 2.92. The van der Waals surface area contributed by atoms with Crippen LogP contribution >= 0.6 is 0 Å². The minimum atomic E-state index is 0.145. The summed E-state index contributed by atoms with van der Waals surface area (Å²) in [4.78, 5) is 6.84. The number of nitrogens with zero attached hydrogens (tertiary/aromatic N) is 2. The van der Waals surface area contributed by atoms with Crippen molar-refractivity contribution in [1.29, 1.82) is 0 Å². The first-order valence-electron chi connectivity index (χ1n) is 7.26. The molecule has 0 saturated heterocycles. The summed E-state index contributed by atoms with van der Waals surface area (Å²) < 4.78 is 0. The molecule has 1 rings (SSSR count). The second-order valence-corrected chi connectivity index (χ2v) is 6.56. The van der Waals surface area contributed by atoms with Crippen molar-refractivity contribution in [3.63, 3.8) is 0 Å². The van der Waals surface area contributed by atoms with Crippen LogP contribution in [0.3, 0.4) is 0 Å². The van der Waals surface area contributed by atoms with Gasteiger partial charge in [-0.15, -0.1) is 0 Å². The molecule has 0 radical (unpaired) electrons. The van der Waals surface area contributed by atoms with Crippen LogP contribution < -0.4 is 10.2 Å². The highest BCUT2D eigenvalue weighted by Crippen LogP contribution is 2.15. The van der Waals surface area contributed by atoms with E-state index < -0.39 is 0 Å². The molecule has 0 unspecified atom stereocenters. The average Bonchev–Trinajstić information content (AvgIpc) is 2.33. The lowest BCUT2D eigenvalue weighted by Gasteiger charge is -2.25. The molecule has 0 fully saturated rings. The van der Waals surface area contributed by atoms with E-state index in [4.69, 9.17) is 0 Å². The van der Waals surface area contributed by atoms with Gasteiger partial charge in [0, 0.05) is 31.4 Å². The molecule has 1 aromatic heterocycles. The monoisotopic (exact) mass is 263 g/mol. The fourth-order valence-corrected chi connectivity index (χ4v) is 1.94. The fraction of sp³-hybridized carbons (Fsp3) is 0.688. The SMILES string of the molecule is CCN(CC(C)C)c1cc(CNC(C)(C)C)ccn1. The van der Waals surface area contributed by atoms with Crippen LogP contribution in [-0.2, 0) is 6.54 Å². The van der Waals surface area contributed by atoms with Gasteiger partial charge in [-0.3, -0.25) is 0 Å². The second-order valence-electron chi connectivity index (χ2n) is 6.56. The summed E-state index contributed by atoms with van der Waals surface area (Å²) in [6.45, 7) is 16.2. The van der Waals surface area contributed by atoms with Gasteiger partial charge >= 0.3 is 0 Å². The Hall–Kier alpha value is -1.09. The van der Waals surface area contributed by atoms with Crippen LogP contribution in [-0.4, -0.2) is 23.6 Å². The van der Waals surface area contributed by atoms with Gasteiger partial charge in [-0.1, -0.05) is 13.8 Å². The fourth-order valence-electron chi connectivity index (χ4n) is 1.94. The standard InChI is InChI=1S/C16H29N3/c1-7-19(12-13(2)3)15-10-14(8-9-17-15)11-18-16(4,5)6/h8-10,13,18H,7,11-12H2,1-6H3. The Bertz CT molecular complexity index is 380. The molecule has 108 valence electrons. The lowest BCUT2D eigenvalue weighted by Crippen LogP contribution is -2.35. The first-order valence-corrected chi connectivity index (χ1v) is 7.26. The Balaban J connectivity index is 2.75. The van der Waals surface area contributed by atoms with Gasteiger partial charge in [-0.2, -0.15) is 0 Å². The largest absolute Gasteiger partial charge is 0.357 e. The van der Waals surface area contributed by atoms with Crippen LogP contribution in [0, 0.1) is 5.92 Å².